The summed E-state index contributed by atoms with van der Waals surface area (Å²) in [6.07, 6.45) is 23.4. The molecule has 0 heterocycles. The number of nitrogens with two attached hydrogens (primary N) is 1. The van der Waals surface area contributed by atoms with Gasteiger partial charge in [0.2, 0.25) is 0 Å². The zero-order chi connectivity index (χ0) is 34.9. The van der Waals surface area contributed by atoms with Gasteiger partial charge < -0.3 is 5.73 Å². The predicted octanol–water partition coefficient (Wildman–Crippen LogP) is 13.8. The molecule has 0 bridgehead atoms. The van der Waals surface area contributed by atoms with Gasteiger partial charge >= 0.3 is 0 Å². The van der Waals surface area contributed by atoms with Crippen molar-refractivity contribution in [3.8, 4) is 0 Å². The van der Waals surface area contributed by atoms with E-state index >= 15 is 0 Å². The molecule has 0 aromatic rings. The molecule has 2 aliphatic carbocycles. The summed E-state index contributed by atoms with van der Waals surface area (Å²) in [5.74, 6) is 1.75. The third-order valence-electron chi connectivity index (χ3n) is 6.83. The average Bonchev–Trinajstić information content (AvgIpc) is 3.81. The Morgan fingerprint density at radius 3 is 1.67 bits per heavy atom. The summed E-state index contributed by atoms with van der Waals surface area (Å²) in [5, 5.41) is 0. The summed E-state index contributed by atoms with van der Waals surface area (Å²) in [4.78, 5) is 3.81. The minimum absolute atomic E-state index is 0.472. The quantitative estimate of drug-likeness (QED) is 0.152. The van der Waals surface area contributed by atoms with Crippen LogP contribution in [0.1, 0.15) is 147 Å². The summed E-state index contributed by atoms with van der Waals surface area (Å²) < 4.78 is 0. The third-order valence-corrected chi connectivity index (χ3v) is 6.83. The lowest BCUT2D eigenvalue weighted by Gasteiger charge is -2.25. The second kappa shape index (κ2) is 36.0. The van der Waals surface area contributed by atoms with Crippen LogP contribution in [0.5, 0.6) is 0 Å². The maximum absolute atomic E-state index is 4.50. The van der Waals surface area contributed by atoms with Crippen LogP contribution in [0.2, 0.25) is 0 Å². The van der Waals surface area contributed by atoms with Crippen LogP contribution in [0.4, 0.5) is 0 Å². The molecule has 2 saturated carbocycles. The van der Waals surface area contributed by atoms with Gasteiger partial charge in [0.15, 0.2) is 0 Å². The minimum Gasteiger partial charge on any atom is -0.333 e. The van der Waals surface area contributed by atoms with Crippen molar-refractivity contribution >= 4 is 6.72 Å². The van der Waals surface area contributed by atoms with Gasteiger partial charge in [-0.05, 0) is 102 Å². The lowest BCUT2D eigenvalue weighted by atomic mass is 9.80. The molecule has 0 amide bonds. The smallest absolute Gasteiger partial charge is 0.0365 e. The zero-order valence-corrected chi connectivity index (χ0v) is 31.7. The number of allylic oxidation sites excluding steroid dienone is 10. The van der Waals surface area contributed by atoms with Crippen molar-refractivity contribution in [1.82, 2.24) is 0 Å². The first kappa shape index (κ1) is 50.4. The van der Waals surface area contributed by atoms with E-state index in [0.717, 1.165) is 29.2 Å². The highest BCUT2D eigenvalue weighted by Crippen LogP contribution is 2.34. The Kier molecular flexibility index (Phi) is 42.2. The molecule has 0 unspecified atom stereocenters. The van der Waals surface area contributed by atoms with Crippen LogP contribution in [0, 0.1) is 17.3 Å². The fourth-order valence-electron chi connectivity index (χ4n) is 3.58. The summed E-state index contributed by atoms with van der Waals surface area (Å²) in [5.41, 5.74) is 10.6. The molecule has 2 rings (SSSR count). The fourth-order valence-corrected chi connectivity index (χ4v) is 3.58. The third kappa shape index (κ3) is 37.8. The van der Waals surface area contributed by atoms with Crippen molar-refractivity contribution in [2.24, 2.45) is 28.0 Å². The van der Waals surface area contributed by atoms with Gasteiger partial charge in [-0.15, -0.1) is 6.58 Å². The lowest BCUT2D eigenvalue weighted by molar-refractivity contribution is 0.325. The molecule has 2 nitrogen and oxygen atoms in total. The molecule has 0 aliphatic heterocycles. The summed E-state index contributed by atoms with van der Waals surface area (Å²) in [6.45, 7) is 44.2. The normalized spacial score (nSPS) is 14.4. The Morgan fingerprint density at radius 2 is 1.35 bits per heavy atom. The van der Waals surface area contributed by atoms with E-state index in [1.165, 1.54) is 76.0 Å². The summed E-state index contributed by atoms with van der Waals surface area (Å²) >= 11 is 0. The topological polar surface area (TPSA) is 38.4 Å². The average molecular weight is 599 g/mol. The second-order valence-electron chi connectivity index (χ2n) is 11.6. The monoisotopic (exact) mass is 599 g/mol. The van der Waals surface area contributed by atoms with Gasteiger partial charge in [-0.3, -0.25) is 4.99 Å². The van der Waals surface area contributed by atoms with Crippen molar-refractivity contribution in [3.63, 3.8) is 0 Å². The molecule has 2 N–H and O–H groups in total. The molecule has 43 heavy (non-hydrogen) atoms. The Labute approximate surface area is 273 Å². The van der Waals surface area contributed by atoms with Gasteiger partial charge in [0.05, 0.1) is 0 Å². The van der Waals surface area contributed by atoms with Gasteiger partial charge in [-0.2, -0.15) is 0 Å². The number of hydrogen-bond acceptors (Lipinski definition) is 2. The van der Waals surface area contributed by atoms with Crippen molar-refractivity contribution in [3.05, 3.63) is 84.7 Å². The molecule has 0 radical (unpaired) electrons. The van der Waals surface area contributed by atoms with Crippen LogP contribution in [-0.2, 0) is 0 Å². The van der Waals surface area contributed by atoms with Gasteiger partial charge in [0.1, 0.15) is 0 Å². The first-order chi connectivity index (χ1) is 20.3. The van der Waals surface area contributed by atoms with E-state index in [2.05, 4.69) is 96.6 Å². The van der Waals surface area contributed by atoms with Crippen LogP contribution < -0.4 is 5.73 Å². The van der Waals surface area contributed by atoms with Crippen LogP contribution in [0.25, 0.3) is 0 Å². The van der Waals surface area contributed by atoms with Crippen LogP contribution >= 0.6 is 0 Å². The SMILES string of the molecule is C=C(C)/C=C(/C(=C)C)C(=C)C1CCCCC1.C=CC.C=N/C(C)=C\C=C/CCC(C)(C)CC.CC.CC.CC1CC1.CN. The molecule has 0 spiro atoms. The molecule has 0 saturated heterocycles. The van der Waals surface area contributed by atoms with E-state index < -0.39 is 0 Å². The molecular formula is C41H78N2. The zero-order valence-electron chi connectivity index (χ0n) is 31.7. The van der Waals surface area contributed by atoms with Crippen molar-refractivity contribution < 1.29 is 0 Å². The van der Waals surface area contributed by atoms with Gasteiger partial charge in [0.25, 0.3) is 0 Å². The van der Waals surface area contributed by atoms with E-state index in [4.69, 9.17) is 0 Å². The maximum Gasteiger partial charge on any atom is 0.0365 e. The predicted molar refractivity (Wildman–Crippen MR) is 206 cm³/mol. The largest absolute Gasteiger partial charge is 0.333 e. The van der Waals surface area contributed by atoms with Gasteiger partial charge in [-0.1, -0.05) is 149 Å². The van der Waals surface area contributed by atoms with Crippen LogP contribution in [0.15, 0.2) is 89.7 Å². The minimum atomic E-state index is 0.472. The van der Waals surface area contributed by atoms with E-state index in [-0.39, 0.29) is 0 Å². The maximum atomic E-state index is 4.50. The Hall–Kier alpha value is -2.19. The highest BCUT2D eigenvalue weighted by Gasteiger charge is 2.19. The Bertz CT molecular complexity index is 779. The molecule has 252 valence electrons. The van der Waals surface area contributed by atoms with Gasteiger partial charge in [-0.25, -0.2) is 0 Å². The van der Waals surface area contributed by atoms with Gasteiger partial charge in [0, 0.05) is 5.70 Å². The molecule has 2 heteroatoms. The molecule has 0 aromatic carbocycles. The molecule has 0 atom stereocenters. The van der Waals surface area contributed by atoms with Crippen LogP contribution in [0.3, 0.4) is 0 Å². The number of rotatable bonds is 10. The number of nitrogens with zero attached hydrogens (tertiary/aromatic N) is 1. The summed E-state index contributed by atoms with van der Waals surface area (Å²) in [7, 11) is 1.50. The Morgan fingerprint density at radius 1 is 0.907 bits per heavy atom. The standard InChI is InChI=1S/C16H24.C13H23N.C4H8.C3H6.2C2H6.CH5N/c1-12(2)11-16(13(3)4)14(5)15-9-7-6-8-10-15;1-6-13(3,4)11-9-7-8-10-12(2)14-5;1-4-2-3-4;1-3-2;3*1-2/h11,15H,1,3,5-10H2,2,4H3;7-8,10H,5-6,9,11H2,1-4H3;4H,2-3H2,1H3;3H,1H2,2H3;2*1-2H3;2H2,1H3/b16-11-;8-7-,12-10-;;;;;. The fraction of sp³-hybridized carbons (Fsp3) is 0.634. The van der Waals surface area contributed by atoms with E-state index in [1.54, 1.807) is 6.08 Å². The van der Waals surface area contributed by atoms with Crippen molar-refractivity contribution in [2.75, 3.05) is 7.05 Å². The molecular weight excluding hydrogens is 520 g/mol. The van der Waals surface area contributed by atoms with E-state index in [9.17, 15) is 0 Å². The van der Waals surface area contributed by atoms with Crippen LogP contribution in [-0.4, -0.2) is 13.8 Å². The lowest BCUT2D eigenvalue weighted by Crippen LogP contribution is -2.10. The first-order valence-electron chi connectivity index (χ1n) is 17.0. The molecule has 0 aromatic heterocycles. The molecule has 2 fully saturated rings. The van der Waals surface area contributed by atoms with Crippen molar-refractivity contribution in [2.45, 2.75) is 147 Å². The first-order valence-corrected chi connectivity index (χ1v) is 17.0. The van der Waals surface area contributed by atoms with Crippen molar-refractivity contribution in [1.29, 1.82) is 0 Å². The van der Waals surface area contributed by atoms with E-state index in [0.29, 0.717) is 11.3 Å². The molecule has 2 aliphatic rings. The summed E-state index contributed by atoms with van der Waals surface area (Å²) in [6, 6.07) is 0. The number of hydrogen-bond donors (Lipinski definition) is 1. The Balaban J connectivity index is -0.000000160. The number of aliphatic imine (C=N–C) groups is 1. The van der Waals surface area contributed by atoms with E-state index in [1.807, 2.05) is 54.5 Å². The highest BCUT2D eigenvalue weighted by molar-refractivity contribution is 5.47. The second-order valence-corrected chi connectivity index (χ2v) is 11.6. The highest BCUT2D eigenvalue weighted by atomic mass is 14.7.